The van der Waals surface area contributed by atoms with Crippen LogP contribution in [0.4, 0.5) is 0 Å². The molecule has 0 aliphatic carbocycles. The van der Waals surface area contributed by atoms with Crippen molar-refractivity contribution in [1.82, 2.24) is 0 Å². The van der Waals surface area contributed by atoms with E-state index in [4.69, 9.17) is 28.4 Å². The van der Waals surface area contributed by atoms with E-state index in [1.54, 1.807) is 0 Å². The van der Waals surface area contributed by atoms with E-state index in [2.05, 4.69) is 38.2 Å². The van der Waals surface area contributed by atoms with Crippen LogP contribution < -0.4 is 0 Å². The Labute approximate surface area is 367 Å². The molecular formula is C47H86O14. The third-order valence-electron chi connectivity index (χ3n) is 11.5. The summed E-state index contributed by atoms with van der Waals surface area (Å²) in [5.74, 6) is -0.382. The van der Waals surface area contributed by atoms with Gasteiger partial charge < -0.3 is 64.2 Å². The molecule has 2 aliphatic rings. The molecule has 61 heavy (non-hydrogen) atoms. The molecule has 0 saturated carbocycles. The number of carbonyl (C=O) groups is 1. The third kappa shape index (κ3) is 24.4. The first kappa shape index (κ1) is 55.6. The molecular weight excluding hydrogens is 789 g/mol. The molecule has 0 aromatic carbocycles. The molecule has 2 fully saturated rings. The fraction of sp³-hybridized carbons (Fsp3) is 0.894. The average Bonchev–Trinajstić information content (AvgIpc) is 3.25. The first-order valence-electron chi connectivity index (χ1n) is 23.9. The Morgan fingerprint density at radius 2 is 1.02 bits per heavy atom. The Balaban J connectivity index is 1.79. The third-order valence-corrected chi connectivity index (χ3v) is 11.5. The van der Waals surface area contributed by atoms with Crippen LogP contribution in [0.3, 0.4) is 0 Å². The van der Waals surface area contributed by atoms with Gasteiger partial charge in [-0.25, -0.2) is 0 Å². The van der Waals surface area contributed by atoms with Crippen LogP contribution in [0.1, 0.15) is 168 Å². The quantitative estimate of drug-likeness (QED) is 0.0215. The highest BCUT2D eigenvalue weighted by Gasteiger charge is 2.47. The summed E-state index contributed by atoms with van der Waals surface area (Å²) in [7, 11) is 0. The van der Waals surface area contributed by atoms with E-state index in [9.17, 15) is 40.5 Å². The van der Waals surface area contributed by atoms with Crippen LogP contribution in [-0.4, -0.2) is 142 Å². The van der Waals surface area contributed by atoms with Gasteiger partial charge in [0.05, 0.1) is 26.4 Å². The predicted molar refractivity (Wildman–Crippen MR) is 233 cm³/mol. The lowest BCUT2D eigenvalue weighted by Crippen LogP contribution is -2.61. The van der Waals surface area contributed by atoms with Crippen LogP contribution in [-0.2, 0) is 33.2 Å². The molecule has 0 spiro atoms. The highest BCUT2D eigenvalue weighted by molar-refractivity contribution is 5.69. The molecule has 0 radical (unpaired) electrons. The molecule has 7 N–H and O–H groups in total. The van der Waals surface area contributed by atoms with E-state index in [1.165, 1.54) is 83.5 Å². The molecule has 14 nitrogen and oxygen atoms in total. The number of carbonyl (C=O) groups excluding carboxylic acids is 1. The summed E-state index contributed by atoms with van der Waals surface area (Å²) in [6.07, 6.45) is 19.6. The minimum absolute atomic E-state index is 0.0573. The second kappa shape index (κ2) is 35.8. The Bertz CT molecular complexity index is 1110. The van der Waals surface area contributed by atoms with Gasteiger partial charge in [-0.2, -0.15) is 0 Å². The van der Waals surface area contributed by atoms with Crippen molar-refractivity contribution in [2.75, 3.05) is 33.0 Å². The van der Waals surface area contributed by atoms with Gasteiger partial charge in [-0.15, -0.1) is 0 Å². The lowest BCUT2D eigenvalue weighted by atomic mass is 9.98. The van der Waals surface area contributed by atoms with Crippen LogP contribution in [0.2, 0.25) is 0 Å². The van der Waals surface area contributed by atoms with Gasteiger partial charge in [-0.3, -0.25) is 4.79 Å². The average molecular weight is 875 g/mol. The fourth-order valence-electron chi connectivity index (χ4n) is 7.49. The van der Waals surface area contributed by atoms with E-state index in [-0.39, 0.29) is 25.6 Å². The van der Waals surface area contributed by atoms with Gasteiger partial charge in [0.25, 0.3) is 0 Å². The zero-order valence-corrected chi connectivity index (χ0v) is 37.7. The first-order valence-corrected chi connectivity index (χ1v) is 23.9. The molecule has 0 amide bonds. The lowest BCUT2D eigenvalue weighted by molar-refractivity contribution is -0.332. The number of allylic oxidation sites excluding steroid dienone is 4. The standard InChI is InChI=1S/C47H86O14/c1-3-5-7-9-11-13-15-16-17-18-19-20-21-23-25-27-29-31-56-33-36(59-39(49)30-28-26-24-22-14-12-10-8-6-4-2)34-57-46-45(55)43(53)41(51)38(61-46)35-58-47-44(54)42(52)40(50)37(32-48)60-47/h13,15,17-18,36-38,40-48,50-55H,3-12,14,16,19-35H2,1-2H3/b15-13-,18-17-. The highest BCUT2D eigenvalue weighted by atomic mass is 16.7. The first-order chi connectivity index (χ1) is 29.6. The van der Waals surface area contributed by atoms with Crippen LogP contribution in [0, 0.1) is 0 Å². The fourth-order valence-corrected chi connectivity index (χ4v) is 7.49. The molecule has 2 aliphatic heterocycles. The Hall–Kier alpha value is -1.53. The van der Waals surface area contributed by atoms with E-state index in [1.807, 2.05) is 0 Å². The topological polar surface area (TPSA) is 214 Å². The summed E-state index contributed by atoms with van der Waals surface area (Å²) in [6.45, 7) is 3.63. The number of aliphatic hydroxyl groups is 7. The van der Waals surface area contributed by atoms with Gasteiger partial charge in [-0.1, -0.05) is 141 Å². The van der Waals surface area contributed by atoms with Gasteiger partial charge in [-0.05, 0) is 44.9 Å². The van der Waals surface area contributed by atoms with Crippen molar-refractivity contribution in [3.05, 3.63) is 24.3 Å². The van der Waals surface area contributed by atoms with Gasteiger partial charge >= 0.3 is 5.97 Å². The maximum Gasteiger partial charge on any atom is 0.306 e. The molecule has 2 heterocycles. The van der Waals surface area contributed by atoms with Crippen molar-refractivity contribution in [1.29, 1.82) is 0 Å². The van der Waals surface area contributed by atoms with E-state index < -0.39 is 80.7 Å². The Kier molecular flexibility index (Phi) is 32.6. The number of rotatable bonds is 37. The zero-order valence-electron chi connectivity index (χ0n) is 37.7. The molecule has 0 aromatic rings. The lowest BCUT2D eigenvalue weighted by Gasteiger charge is -2.42. The van der Waals surface area contributed by atoms with Crippen LogP contribution in [0.5, 0.6) is 0 Å². The molecule has 14 heteroatoms. The summed E-state index contributed by atoms with van der Waals surface area (Å²) >= 11 is 0. The van der Waals surface area contributed by atoms with Crippen molar-refractivity contribution >= 4 is 5.97 Å². The molecule has 358 valence electrons. The summed E-state index contributed by atoms with van der Waals surface area (Å²) in [5.41, 5.74) is 0. The maximum atomic E-state index is 12.9. The SMILES string of the molecule is CCCCCC/C=C\C/C=C\CCCCCCCCOCC(COC1OC(COC2OC(CO)C(O)C(O)C2O)C(O)C(O)C1O)OC(=O)CCCCCCCCCCCC. The number of esters is 1. The van der Waals surface area contributed by atoms with Gasteiger partial charge in [0, 0.05) is 13.0 Å². The monoisotopic (exact) mass is 875 g/mol. The maximum absolute atomic E-state index is 12.9. The molecule has 11 unspecified atom stereocenters. The summed E-state index contributed by atoms with van der Waals surface area (Å²) in [4.78, 5) is 12.9. The van der Waals surface area contributed by atoms with Crippen molar-refractivity contribution in [2.24, 2.45) is 0 Å². The van der Waals surface area contributed by atoms with Crippen molar-refractivity contribution in [2.45, 2.75) is 235 Å². The summed E-state index contributed by atoms with van der Waals surface area (Å²) in [5, 5.41) is 71.9. The van der Waals surface area contributed by atoms with Gasteiger partial charge in [0.15, 0.2) is 12.6 Å². The van der Waals surface area contributed by atoms with Crippen molar-refractivity contribution in [3.8, 4) is 0 Å². The number of unbranched alkanes of at least 4 members (excludes halogenated alkanes) is 19. The summed E-state index contributed by atoms with van der Waals surface area (Å²) in [6, 6.07) is 0. The van der Waals surface area contributed by atoms with Crippen LogP contribution >= 0.6 is 0 Å². The number of hydrogen-bond donors (Lipinski definition) is 7. The second-order valence-corrected chi connectivity index (χ2v) is 16.9. The minimum atomic E-state index is -1.70. The molecule has 11 atom stereocenters. The largest absolute Gasteiger partial charge is 0.457 e. The zero-order chi connectivity index (χ0) is 44.5. The number of ether oxygens (including phenoxy) is 6. The van der Waals surface area contributed by atoms with Crippen LogP contribution in [0.25, 0.3) is 0 Å². The number of aliphatic hydroxyl groups excluding tert-OH is 7. The van der Waals surface area contributed by atoms with Crippen molar-refractivity contribution < 1.29 is 69.0 Å². The minimum Gasteiger partial charge on any atom is -0.457 e. The van der Waals surface area contributed by atoms with Crippen molar-refractivity contribution in [3.63, 3.8) is 0 Å². The molecule has 0 aromatic heterocycles. The normalized spacial score (nSPS) is 27.6. The van der Waals surface area contributed by atoms with E-state index in [0.29, 0.717) is 13.0 Å². The second-order valence-electron chi connectivity index (χ2n) is 16.9. The number of hydrogen-bond acceptors (Lipinski definition) is 14. The van der Waals surface area contributed by atoms with E-state index >= 15 is 0 Å². The smallest absolute Gasteiger partial charge is 0.306 e. The predicted octanol–water partition coefficient (Wildman–Crippen LogP) is 6.07. The molecule has 2 saturated heterocycles. The van der Waals surface area contributed by atoms with E-state index in [0.717, 1.165) is 57.8 Å². The molecule has 2 rings (SSSR count). The summed E-state index contributed by atoms with van der Waals surface area (Å²) < 4.78 is 34.1. The Morgan fingerprint density at radius 3 is 1.59 bits per heavy atom. The molecule has 0 bridgehead atoms. The highest BCUT2D eigenvalue weighted by Crippen LogP contribution is 2.26. The van der Waals surface area contributed by atoms with Gasteiger partial charge in [0.1, 0.15) is 54.9 Å². The van der Waals surface area contributed by atoms with Gasteiger partial charge in [0.2, 0.25) is 0 Å². The Morgan fingerprint density at radius 1 is 0.541 bits per heavy atom. The van der Waals surface area contributed by atoms with Crippen LogP contribution in [0.15, 0.2) is 24.3 Å².